The van der Waals surface area contributed by atoms with E-state index >= 15 is 0 Å². The number of ether oxygens (including phenoxy) is 2. The van der Waals surface area contributed by atoms with Crippen molar-refractivity contribution in [2.75, 3.05) is 6.61 Å². The summed E-state index contributed by atoms with van der Waals surface area (Å²) >= 11 is 0. The van der Waals surface area contributed by atoms with Gasteiger partial charge in [-0.15, -0.1) is 0 Å². The minimum atomic E-state index is -0.811. The zero-order chi connectivity index (χ0) is 25.2. The van der Waals surface area contributed by atoms with Crippen LogP contribution in [0.5, 0.6) is 11.5 Å². The molecule has 2 aliphatic rings. The van der Waals surface area contributed by atoms with Gasteiger partial charge in [-0.3, -0.25) is 9.69 Å². The molecule has 1 atom stereocenters. The summed E-state index contributed by atoms with van der Waals surface area (Å²) in [5.41, 5.74) is 8.58. The predicted octanol–water partition coefficient (Wildman–Crippen LogP) is 6.40. The average molecular weight is 492 g/mol. The maximum absolute atomic E-state index is 11.1. The van der Waals surface area contributed by atoms with E-state index in [-0.39, 0.29) is 12.3 Å². The van der Waals surface area contributed by atoms with E-state index in [4.69, 9.17) is 14.6 Å². The number of hydrogen-bond donors (Lipinski definition) is 1. The third-order valence-corrected chi connectivity index (χ3v) is 7.19. The molecule has 0 unspecified atom stereocenters. The largest absolute Gasteiger partial charge is 0.492 e. The summed E-state index contributed by atoms with van der Waals surface area (Å²) in [6, 6.07) is 31.6. The molecule has 0 bridgehead atoms. The van der Waals surface area contributed by atoms with Crippen molar-refractivity contribution in [2.45, 2.75) is 38.6 Å². The number of benzene rings is 4. The van der Waals surface area contributed by atoms with Crippen LogP contribution in [-0.4, -0.2) is 22.6 Å². The second-order valence-corrected chi connectivity index (χ2v) is 9.91. The molecule has 0 saturated heterocycles. The molecule has 0 saturated carbocycles. The molecule has 5 nitrogen and oxygen atoms in total. The van der Waals surface area contributed by atoms with Gasteiger partial charge in [0.2, 0.25) is 0 Å². The quantitative estimate of drug-likeness (QED) is 0.309. The van der Waals surface area contributed by atoms with Gasteiger partial charge in [-0.2, -0.15) is 0 Å². The Hall–Kier alpha value is -4.09. The maximum Gasteiger partial charge on any atom is 0.304 e. The Bertz CT molecular complexity index is 1430. The van der Waals surface area contributed by atoms with Crippen LogP contribution in [0.4, 0.5) is 0 Å². The molecule has 186 valence electrons. The molecular formula is C32H29NO4. The smallest absolute Gasteiger partial charge is 0.304 e. The lowest BCUT2D eigenvalue weighted by atomic mass is 9.98. The molecule has 6 rings (SSSR count). The minimum absolute atomic E-state index is 0.0771. The molecule has 2 aliphatic heterocycles. The van der Waals surface area contributed by atoms with Gasteiger partial charge in [-0.25, -0.2) is 0 Å². The van der Waals surface area contributed by atoms with Crippen molar-refractivity contribution in [2.24, 2.45) is 0 Å². The molecule has 0 amide bonds. The SMILES string of the molecule is O=C(O)C[C@@H]1COc2cc(OCc3cccc(-c4ccc5c(c4)CN(Cc4ccccc4)C5)c3)ccc21. The van der Waals surface area contributed by atoms with Gasteiger partial charge in [0.05, 0.1) is 13.0 Å². The van der Waals surface area contributed by atoms with E-state index in [1.807, 2.05) is 18.2 Å². The standard InChI is InChI=1S/C32H29NO4/c34-32(35)15-28-21-37-31-16-29(11-12-30(28)31)36-20-23-7-4-8-24(13-23)25-9-10-26-18-33(19-27(26)14-25)17-22-5-2-1-3-6-22/h1-14,16,28H,15,17-21H2,(H,34,35)/t28-/m1/s1. The lowest BCUT2D eigenvalue weighted by molar-refractivity contribution is -0.137. The molecule has 5 heteroatoms. The van der Waals surface area contributed by atoms with Crippen LogP contribution in [0.1, 0.15) is 40.2 Å². The number of fused-ring (bicyclic) bond motifs is 2. The molecule has 1 N–H and O–H groups in total. The first-order chi connectivity index (χ1) is 18.1. The van der Waals surface area contributed by atoms with Gasteiger partial charge < -0.3 is 14.6 Å². The highest BCUT2D eigenvalue weighted by molar-refractivity contribution is 5.69. The summed E-state index contributed by atoms with van der Waals surface area (Å²) in [4.78, 5) is 13.6. The first-order valence-electron chi connectivity index (χ1n) is 12.7. The number of carboxylic acid groups (broad SMARTS) is 1. The molecule has 4 aromatic carbocycles. The van der Waals surface area contributed by atoms with Crippen molar-refractivity contribution in [1.82, 2.24) is 4.90 Å². The zero-order valence-electron chi connectivity index (χ0n) is 20.6. The molecule has 0 radical (unpaired) electrons. The van der Waals surface area contributed by atoms with E-state index in [2.05, 4.69) is 77.7 Å². The third kappa shape index (κ3) is 5.23. The first kappa shape index (κ1) is 23.3. The van der Waals surface area contributed by atoms with Gasteiger partial charge in [-0.05, 0) is 51.6 Å². The number of carboxylic acids is 1. The Morgan fingerprint density at radius 3 is 2.54 bits per heavy atom. The highest BCUT2D eigenvalue weighted by atomic mass is 16.5. The highest BCUT2D eigenvalue weighted by Crippen LogP contribution is 2.38. The Labute approximate surface area is 216 Å². The van der Waals surface area contributed by atoms with Gasteiger partial charge in [0.1, 0.15) is 18.1 Å². The zero-order valence-corrected chi connectivity index (χ0v) is 20.6. The molecular weight excluding hydrogens is 462 g/mol. The summed E-state index contributed by atoms with van der Waals surface area (Å²) in [6.45, 7) is 3.76. The van der Waals surface area contributed by atoms with E-state index in [1.54, 1.807) is 0 Å². The summed E-state index contributed by atoms with van der Waals surface area (Å²) in [5.74, 6) is 0.527. The Balaban J connectivity index is 1.11. The molecule has 0 aromatic heterocycles. The Kier molecular flexibility index (Phi) is 6.37. The van der Waals surface area contributed by atoms with Crippen molar-refractivity contribution in [3.63, 3.8) is 0 Å². The van der Waals surface area contributed by atoms with Gasteiger partial charge in [0.15, 0.2) is 0 Å². The van der Waals surface area contributed by atoms with Crippen LogP contribution in [0, 0.1) is 0 Å². The molecule has 2 heterocycles. The predicted molar refractivity (Wildman–Crippen MR) is 143 cm³/mol. The van der Waals surface area contributed by atoms with Crippen LogP contribution >= 0.6 is 0 Å². The van der Waals surface area contributed by atoms with Gasteiger partial charge >= 0.3 is 5.97 Å². The van der Waals surface area contributed by atoms with Crippen molar-refractivity contribution >= 4 is 5.97 Å². The summed E-state index contributed by atoms with van der Waals surface area (Å²) < 4.78 is 11.8. The number of rotatable bonds is 8. The third-order valence-electron chi connectivity index (χ3n) is 7.19. The molecule has 0 aliphatic carbocycles. The number of hydrogen-bond acceptors (Lipinski definition) is 4. The summed E-state index contributed by atoms with van der Waals surface area (Å²) in [7, 11) is 0. The average Bonchev–Trinajstić information content (AvgIpc) is 3.50. The van der Waals surface area contributed by atoms with Gasteiger partial charge in [0.25, 0.3) is 0 Å². The van der Waals surface area contributed by atoms with E-state index in [0.717, 1.165) is 42.3 Å². The summed E-state index contributed by atoms with van der Waals surface area (Å²) in [6.07, 6.45) is 0.0771. The van der Waals surface area contributed by atoms with E-state index in [0.29, 0.717) is 13.2 Å². The normalized spacial score (nSPS) is 16.2. The maximum atomic E-state index is 11.1. The van der Waals surface area contributed by atoms with Crippen LogP contribution in [0.25, 0.3) is 11.1 Å². The van der Waals surface area contributed by atoms with Crippen molar-refractivity contribution < 1.29 is 19.4 Å². The van der Waals surface area contributed by atoms with E-state index in [1.165, 1.54) is 27.8 Å². The van der Waals surface area contributed by atoms with Crippen LogP contribution in [-0.2, 0) is 31.0 Å². The van der Waals surface area contributed by atoms with Crippen LogP contribution in [0.2, 0.25) is 0 Å². The van der Waals surface area contributed by atoms with Crippen LogP contribution < -0.4 is 9.47 Å². The second-order valence-electron chi connectivity index (χ2n) is 9.91. The number of nitrogens with zero attached hydrogens (tertiary/aromatic N) is 1. The fourth-order valence-corrected chi connectivity index (χ4v) is 5.33. The summed E-state index contributed by atoms with van der Waals surface area (Å²) in [5, 5.41) is 9.10. The monoisotopic (exact) mass is 491 g/mol. The van der Waals surface area contributed by atoms with Crippen LogP contribution in [0.3, 0.4) is 0 Å². The molecule has 0 spiro atoms. The topological polar surface area (TPSA) is 59.0 Å². The molecule has 37 heavy (non-hydrogen) atoms. The van der Waals surface area contributed by atoms with E-state index < -0.39 is 5.97 Å². The highest BCUT2D eigenvalue weighted by Gasteiger charge is 2.26. The van der Waals surface area contributed by atoms with E-state index in [9.17, 15) is 4.79 Å². The van der Waals surface area contributed by atoms with Gasteiger partial charge in [0, 0.05) is 37.2 Å². The lowest BCUT2D eigenvalue weighted by Gasteiger charge is -2.14. The van der Waals surface area contributed by atoms with Gasteiger partial charge in [-0.1, -0.05) is 66.7 Å². The van der Waals surface area contributed by atoms with Crippen molar-refractivity contribution in [3.05, 3.63) is 119 Å². The van der Waals surface area contributed by atoms with Crippen molar-refractivity contribution in [1.29, 1.82) is 0 Å². The second kappa shape index (κ2) is 10.1. The lowest BCUT2D eigenvalue weighted by Crippen LogP contribution is -2.15. The number of carbonyl (C=O) groups is 1. The Morgan fingerprint density at radius 1 is 0.865 bits per heavy atom. The minimum Gasteiger partial charge on any atom is -0.492 e. The number of aliphatic carboxylic acids is 1. The Morgan fingerprint density at radius 2 is 1.68 bits per heavy atom. The first-order valence-corrected chi connectivity index (χ1v) is 12.7. The van der Waals surface area contributed by atoms with Crippen molar-refractivity contribution in [3.8, 4) is 22.6 Å². The molecule has 4 aromatic rings. The fourth-order valence-electron chi connectivity index (χ4n) is 5.33. The molecule has 0 fully saturated rings. The fraction of sp³-hybridized carbons (Fsp3) is 0.219. The van der Waals surface area contributed by atoms with Crippen LogP contribution in [0.15, 0.2) is 91.0 Å².